The fraction of sp³-hybridized carbons (Fsp3) is 0.368. The Bertz CT molecular complexity index is 1020. The molecule has 3 aromatic heterocycles. The average molecular weight is 371 g/mol. The van der Waals surface area contributed by atoms with Crippen molar-refractivity contribution in [1.82, 2.24) is 15.5 Å². The van der Waals surface area contributed by atoms with Gasteiger partial charge in [-0.05, 0) is 46.8 Å². The van der Waals surface area contributed by atoms with Crippen LogP contribution in [-0.4, -0.2) is 34.7 Å². The Kier molecular flexibility index (Phi) is 4.98. The molecule has 8 nitrogen and oxygen atoms in total. The summed E-state index contributed by atoms with van der Waals surface area (Å²) >= 11 is 0. The van der Waals surface area contributed by atoms with Gasteiger partial charge in [0.05, 0.1) is 22.3 Å². The van der Waals surface area contributed by atoms with Gasteiger partial charge in [-0.25, -0.2) is 9.78 Å². The van der Waals surface area contributed by atoms with Crippen LogP contribution >= 0.6 is 0 Å². The molecule has 0 saturated heterocycles. The van der Waals surface area contributed by atoms with Crippen molar-refractivity contribution in [1.29, 1.82) is 0 Å². The highest BCUT2D eigenvalue weighted by molar-refractivity contribution is 6.04. The molecular weight excluding hydrogens is 350 g/mol. The summed E-state index contributed by atoms with van der Waals surface area (Å²) in [6.45, 7) is 8.64. The lowest BCUT2D eigenvalue weighted by atomic mass is 10.1. The summed E-state index contributed by atoms with van der Waals surface area (Å²) in [5.41, 5.74) is 2.23. The SMILES string of the molecule is Cc1cc(-c2cc(C(=O)OCC(=O)NC(C)C)c3c(C)noc3n2)c(C)o1. The van der Waals surface area contributed by atoms with Crippen LogP contribution in [0.2, 0.25) is 0 Å². The van der Waals surface area contributed by atoms with Crippen molar-refractivity contribution in [2.24, 2.45) is 0 Å². The Hall–Kier alpha value is -3.16. The molecule has 1 amide bonds. The van der Waals surface area contributed by atoms with E-state index in [1.807, 2.05) is 33.8 Å². The largest absolute Gasteiger partial charge is 0.466 e. The van der Waals surface area contributed by atoms with Crippen molar-refractivity contribution < 1.29 is 23.3 Å². The smallest absolute Gasteiger partial charge is 0.339 e. The molecule has 0 aliphatic rings. The van der Waals surface area contributed by atoms with Crippen LogP contribution in [0.1, 0.15) is 41.4 Å². The number of carbonyl (C=O) groups excluding carboxylic acids is 2. The van der Waals surface area contributed by atoms with Gasteiger partial charge < -0.3 is 19.0 Å². The van der Waals surface area contributed by atoms with E-state index in [9.17, 15) is 9.59 Å². The average Bonchev–Trinajstić information content (AvgIpc) is 3.13. The first-order valence-electron chi connectivity index (χ1n) is 8.57. The van der Waals surface area contributed by atoms with Crippen molar-refractivity contribution >= 4 is 23.0 Å². The number of ether oxygens (including phenoxy) is 1. The van der Waals surface area contributed by atoms with Gasteiger partial charge in [-0.1, -0.05) is 5.16 Å². The first kappa shape index (κ1) is 18.6. The molecule has 3 rings (SSSR count). The molecule has 0 unspecified atom stereocenters. The molecule has 3 aromatic rings. The number of aromatic nitrogens is 2. The zero-order valence-electron chi connectivity index (χ0n) is 15.9. The van der Waals surface area contributed by atoms with Crippen LogP contribution in [0.15, 0.2) is 21.1 Å². The number of pyridine rings is 1. The lowest BCUT2D eigenvalue weighted by molar-refractivity contribution is -0.124. The molecule has 27 heavy (non-hydrogen) atoms. The Morgan fingerprint density at radius 1 is 1.22 bits per heavy atom. The van der Waals surface area contributed by atoms with Gasteiger partial charge in [0.15, 0.2) is 6.61 Å². The van der Waals surface area contributed by atoms with E-state index < -0.39 is 5.97 Å². The monoisotopic (exact) mass is 371 g/mol. The summed E-state index contributed by atoms with van der Waals surface area (Å²) in [6, 6.07) is 3.40. The number of hydrogen-bond acceptors (Lipinski definition) is 7. The molecule has 142 valence electrons. The predicted molar refractivity (Wildman–Crippen MR) is 97.3 cm³/mol. The molecule has 0 spiro atoms. The number of nitrogens with one attached hydrogen (secondary N) is 1. The molecule has 0 radical (unpaired) electrons. The molecule has 3 heterocycles. The minimum absolute atomic E-state index is 0.0388. The van der Waals surface area contributed by atoms with Crippen molar-refractivity contribution in [3.63, 3.8) is 0 Å². The highest BCUT2D eigenvalue weighted by atomic mass is 16.5. The number of fused-ring (bicyclic) bond motifs is 1. The summed E-state index contributed by atoms with van der Waals surface area (Å²) < 4.78 is 16.0. The summed E-state index contributed by atoms with van der Waals surface area (Å²) in [4.78, 5) is 28.9. The van der Waals surface area contributed by atoms with Crippen LogP contribution in [0.4, 0.5) is 0 Å². The highest BCUT2D eigenvalue weighted by Crippen LogP contribution is 2.30. The van der Waals surface area contributed by atoms with E-state index in [0.29, 0.717) is 22.5 Å². The molecular formula is C19H21N3O5. The Labute approximate surface area is 155 Å². The number of rotatable bonds is 5. The fourth-order valence-electron chi connectivity index (χ4n) is 2.85. The third-order valence-electron chi connectivity index (χ3n) is 3.94. The zero-order chi connectivity index (χ0) is 19.7. The minimum Gasteiger partial charge on any atom is -0.466 e. The minimum atomic E-state index is -0.647. The zero-order valence-corrected chi connectivity index (χ0v) is 15.9. The quantitative estimate of drug-likeness (QED) is 0.687. The Morgan fingerprint density at radius 2 is 1.96 bits per heavy atom. The van der Waals surface area contributed by atoms with E-state index in [1.165, 1.54) is 0 Å². The number of furan rings is 1. The van der Waals surface area contributed by atoms with Gasteiger partial charge in [0.1, 0.15) is 11.5 Å². The Morgan fingerprint density at radius 3 is 2.59 bits per heavy atom. The maximum Gasteiger partial charge on any atom is 0.339 e. The summed E-state index contributed by atoms with van der Waals surface area (Å²) in [6.07, 6.45) is 0. The fourth-order valence-corrected chi connectivity index (χ4v) is 2.85. The molecule has 0 aliphatic carbocycles. The Balaban J connectivity index is 1.98. The topological polar surface area (TPSA) is 107 Å². The number of esters is 1. The maximum atomic E-state index is 12.6. The van der Waals surface area contributed by atoms with Gasteiger partial charge in [0, 0.05) is 11.6 Å². The van der Waals surface area contributed by atoms with E-state index in [2.05, 4.69) is 15.5 Å². The summed E-state index contributed by atoms with van der Waals surface area (Å²) in [7, 11) is 0. The van der Waals surface area contributed by atoms with E-state index in [1.54, 1.807) is 13.0 Å². The predicted octanol–water partition coefficient (Wildman–Crippen LogP) is 3.09. The van der Waals surface area contributed by atoms with Crippen LogP contribution < -0.4 is 5.32 Å². The van der Waals surface area contributed by atoms with E-state index >= 15 is 0 Å². The first-order valence-corrected chi connectivity index (χ1v) is 8.57. The van der Waals surface area contributed by atoms with Crippen molar-refractivity contribution in [3.05, 3.63) is 34.9 Å². The number of amides is 1. The molecule has 1 N–H and O–H groups in total. The van der Waals surface area contributed by atoms with Crippen molar-refractivity contribution in [2.45, 2.75) is 40.7 Å². The van der Waals surface area contributed by atoms with Crippen LogP contribution in [0, 0.1) is 20.8 Å². The standard InChI is InChI=1S/C19H21N3O5/c1-9(2)20-16(23)8-25-19(24)14-7-15(13-6-10(3)26-12(13)5)21-18-17(14)11(4)22-27-18/h6-7,9H,8H2,1-5H3,(H,20,23). The molecule has 0 bridgehead atoms. The molecule has 0 fully saturated rings. The molecule has 0 aliphatic heterocycles. The van der Waals surface area contributed by atoms with Gasteiger partial charge in [0.2, 0.25) is 0 Å². The van der Waals surface area contributed by atoms with Gasteiger partial charge in [0.25, 0.3) is 11.6 Å². The van der Waals surface area contributed by atoms with E-state index in [-0.39, 0.29) is 29.8 Å². The second-order valence-electron chi connectivity index (χ2n) is 6.63. The van der Waals surface area contributed by atoms with Crippen LogP contribution in [0.25, 0.3) is 22.4 Å². The van der Waals surface area contributed by atoms with Crippen molar-refractivity contribution in [2.75, 3.05) is 6.61 Å². The molecule has 0 aromatic carbocycles. The second kappa shape index (κ2) is 7.22. The number of nitrogens with zero attached hydrogens (tertiary/aromatic N) is 2. The molecule has 8 heteroatoms. The van der Waals surface area contributed by atoms with Gasteiger partial charge >= 0.3 is 5.97 Å². The van der Waals surface area contributed by atoms with Gasteiger partial charge in [-0.15, -0.1) is 0 Å². The van der Waals surface area contributed by atoms with Crippen molar-refractivity contribution in [3.8, 4) is 11.3 Å². The third-order valence-corrected chi connectivity index (χ3v) is 3.94. The highest BCUT2D eigenvalue weighted by Gasteiger charge is 2.22. The summed E-state index contributed by atoms with van der Waals surface area (Å²) in [5, 5.41) is 7.02. The normalized spacial score (nSPS) is 11.2. The van der Waals surface area contributed by atoms with E-state index in [0.717, 1.165) is 11.3 Å². The number of carbonyl (C=O) groups is 2. The van der Waals surface area contributed by atoms with E-state index in [4.69, 9.17) is 13.7 Å². The molecule has 0 saturated carbocycles. The van der Waals surface area contributed by atoms with Gasteiger partial charge in [-0.2, -0.15) is 0 Å². The van der Waals surface area contributed by atoms with Crippen LogP contribution in [-0.2, 0) is 9.53 Å². The lowest BCUT2D eigenvalue weighted by Crippen LogP contribution is -2.34. The van der Waals surface area contributed by atoms with Crippen LogP contribution in [0.5, 0.6) is 0 Å². The number of aryl methyl sites for hydroxylation is 3. The summed E-state index contributed by atoms with van der Waals surface area (Å²) in [5.74, 6) is 0.387. The third kappa shape index (κ3) is 3.84. The first-order chi connectivity index (χ1) is 12.8. The second-order valence-corrected chi connectivity index (χ2v) is 6.63. The maximum absolute atomic E-state index is 12.6. The lowest BCUT2D eigenvalue weighted by Gasteiger charge is -2.10. The molecule has 0 atom stereocenters. The van der Waals surface area contributed by atoms with Gasteiger partial charge in [-0.3, -0.25) is 4.79 Å². The number of hydrogen-bond donors (Lipinski definition) is 1. The van der Waals surface area contributed by atoms with Crippen LogP contribution in [0.3, 0.4) is 0 Å².